The zero-order valence-corrected chi connectivity index (χ0v) is 14.0. The fourth-order valence-electron chi connectivity index (χ4n) is 3.00. The molecule has 0 bridgehead atoms. The van der Waals surface area contributed by atoms with Gasteiger partial charge in [0.1, 0.15) is 11.4 Å². The number of halogens is 2. The number of hydrogen-bond donors (Lipinski definition) is 2. The van der Waals surface area contributed by atoms with Crippen molar-refractivity contribution in [2.45, 2.75) is 43.2 Å². The maximum Gasteiger partial charge on any atom is 0.352 e. The molecule has 1 aromatic heterocycles. The molecule has 1 unspecified atom stereocenters. The van der Waals surface area contributed by atoms with Gasteiger partial charge in [-0.05, 0) is 24.8 Å². The van der Waals surface area contributed by atoms with Crippen LogP contribution in [0, 0.1) is 0 Å². The van der Waals surface area contributed by atoms with Crippen LogP contribution in [0.25, 0.3) is 0 Å². The fourth-order valence-corrected chi connectivity index (χ4v) is 3.00. The minimum Gasteiger partial charge on any atom is -0.383 e. The number of nitrogens with zero attached hydrogens (tertiary/aromatic N) is 2. The Morgan fingerprint density at radius 3 is 2.60 bits per heavy atom. The largest absolute Gasteiger partial charge is 0.383 e. The molecule has 1 amide bonds. The van der Waals surface area contributed by atoms with E-state index in [9.17, 15) is 18.7 Å². The van der Waals surface area contributed by atoms with Gasteiger partial charge in [0, 0.05) is 25.9 Å². The number of hydrogen-bond acceptors (Lipinski definition) is 3. The van der Waals surface area contributed by atoms with Gasteiger partial charge < -0.3 is 15.0 Å². The van der Waals surface area contributed by atoms with Gasteiger partial charge in [0.2, 0.25) is 0 Å². The molecule has 1 aliphatic carbocycles. The summed E-state index contributed by atoms with van der Waals surface area (Å²) >= 11 is 0. The highest BCUT2D eigenvalue weighted by atomic mass is 19.3. The Morgan fingerprint density at radius 2 is 2.08 bits per heavy atom. The van der Waals surface area contributed by atoms with Gasteiger partial charge in [0.15, 0.2) is 0 Å². The summed E-state index contributed by atoms with van der Waals surface area (Å²) in [5, 5.41) is 12.4. The van der Waals surface area contributed by atoms with Gasteiger partial charge in [0.05, 0.1) is 6.04 Å². The summed E-state index contributed by atoms with van der Waals surface area (Å²) in [4.78, 5) is 16.5. The first-order valence-corrected chi connectivity index (χ1v) is 8.26. The quantitative estimate of drug-likeness (QED) is 0.841. The van der Waals surface area contributed by atoms with E-state index in [4.69, 9.17) is 0 Å². The highest BCUT2D eigenvalue weighted by molar-refractivity contribution is 5.85. The lowest BCUT2D eigenvalue weighted by Gasteiger charge is -2.41. The molecule has 7 heteroatoms. The Morgan fingerprint density at radius 1 is 1.40 bits per heavy atom. The van der Waals surface area contributed by atoms with Crippen molar-refractivity contribution in [2.24, 2.45) is 7.05 Å². The van der Waals surface area contributed by atoms with Crippen molar-refractivity contribution in [2.75, 3.05) is 0 Å². The summed E-state index contributed by atoms with van der Waals surface area (Å²) in [6, 6.07) is 8.25. The Bertz CT molecular complexity index is 742. The normalized spacial score (nSPS) is 17.6. The summed E-state index contributed by atoms with van der Waals surface area (Å²) < 4.78 is 30.6. The number of alkyl halides is 2. The van der Waals surface area contributed by atoms with E-state index in [2.05, 4.69) is 10.3 Å². The standard InChI is InChI=1S/C18H21F2N3O2/c1-23-11-10-21-15(23)12-14(13-6-3-2-4-7-13)22-16(24)18(19,20)17(25)8-5-9-17/h2-4,6-7,10-11,14,25H,5,8-9,12H2,1H3,(H,22,24). The van der Waals surface area contributed by atoms with Crippen LogP contribution in [0.5, 0.6) is 0 Å². The minimum absolute atomic E-state index is 0.0667. The second kappa shape index (κ2) is 6.55. The number of aryl methyl sites for hydroxylation is 1. The predicted molar refractivity (Wildman–Crippen MR) is 88.0 cm³/mol. The molecule has 5 nitrogen and oxygen atoms in total. The second-order valence-electron chi connectivity index (χ2n) is 6.55. The topological polar surface area (TPSA) is 67.2 Å². The maximum absolute atomic E-state index is 14.4. The van der Waals surface area contributed by atoms with E-state index < -0.39 is 23.5 Å². The van der Waals surface area contributed by atoms with Crippen LogP contribution in [0.3, 0.4) is 0 Å². The number of benzene rings is 1. The lowest BCUT2D eigenvalue weighted by molar-refractivity contribution is -0.216. The lowest BCUT2D eigenvalue weighted by atomic mass is 9.75. The maximum atomic E-state index is 14.4. The molecule has 134 valence electrons. The molecule has 2 aromatic rings. The van der Waals surface area contributed by atoms with E-state index in [1.165, 1.54) is 0 Å². The summed E-state index contributed by atoms with van der Waals surface area (Å²) in [6.07, 6.45) is 4.00. The van der Waals surface area contributed by atoms with Crippen LogP contribution in [-0.2, 0) is 18.3 Å². The Hall–Kier alpha value is -2.28. The molecular formula is C18H21F2N3O2. The summed E-state index contributed by atoms with van der Waals surface area (Å²) in [5.41, 5.74) is -1.53. The van der Waals surface area contributed by atoms with Crippen molar-refractivity contribution in [3.63, 3.8) is 0 Å². The van der Waals surface area contributed by atoms with Gasteiger partial charge in [0.25, 0.3) is 5.91 Å². The van der Waals surface area contributed by atoms with Gasteiger partial charge in [-0.2, -0.15) is 8.78 Å². The van der Waals surface area contributed by atoms with Crippen molar-refractivity contribution in [1.82, 2.24) is 14.9 Å². The highest BCUT2D eigenvalue weighted by Crippen LogP contribution is 2.44. The first-order valence-electron chi connectivity index (χ1n) is 8.26. The number of aliphatic hydroxyl groups is 1. The molecule has 3 rings (SSSR count). The van der Waals surface area contributed by atoms with Crippen molar-refractivity contribution >= 4 is 5.91 Å². The molecule has 1 atom stereocenters. The number of nitrogens with one attached hydrogen (secondary N) is 1. The summed E-state index contributed by atoms with van der Waals surface area (Å²) in [7, 11) is 1.80. The first kappa shape index (κ1) is 17.5. The minimum atomic E-state index is -3.82. The Kier molecular flexibility index (Phi) is 4.60. The Balaban J connectivity index is 1.82. The number of carbonyl (C=O) groups excluding carboxylic acids is 1. The molecule has 0 spiro atoms. The predicted octanol–water partition coefficient (Wildman–Crippen LogP) is 2.37. The van der Waals surface area contributed by atoms with E-state index in [0.717, 1.165) is 0 Å². The van der Waals surface area contributed by atoms with Crippen molar-refractivity contribution in [3.8, 4) is 0 Å². The van der Waals surface area contributed by atoms with Gasteiger partial charge in [-0.3, -0.25) is 4.79 Å². The van der Waals surface area contributed by atoms with E-state index >= 15 is 0 Å². The zero-order valence-electron chi connectivity index (χ0n) is 14.0. The summed E-state index contributed by atoms with van der Waals surface area (Å²) in [5.74, 6) is -4.60. The smallest absolute Gasteiger partial charge is 0.352 e. The van der Waals surface area contributed by atoms with Crippen LogP contribution in [0.2, 0.25) is 0 Å². The number of amides is 1. The Labute approximate surface area is 144 Å². The van der Waals surface area contributed by atoms with E-state index in [0.29, 0.717) is 17.8 Å². The lowest BCUT2D eigenvalue weighted by Crippen LogP contribution is -2.61. The third-order valence-electron chi connectivity index (χ3n) is 4.87. The monoisotopic (exact) mass is 349 g/mol. The van der Waals surface area contributed by atoms with Crippen LogP contribution in [0.1, 0.15) is 36.7 Å². The van der Waals surface area contributed by atoms with Crippen molar-refractivity contribution < 1.29 is 18.7 Å². The van der Waals surface area contributed by atoms with Crippen molar-refractivity contribution in [3.05, 3.63) is 54.1 Å². The number of carbonyl (C=O) groups is 1. The second-order valence-corrected chi connectivity index (χ2v) is 6.55. The van der Waals surface area contributed by atoms with Crippen LogP contribution in [-0.4, -0.2) is 32.1 Å². The molecule has 1 aromatic carbocycles. The molecule has 1 heterocycles. The van der Waals surface area contributed by atoms with E-state index in [1.807, 2.05) is 6.07 Å². The molecule has 1 saturated carbocycles. The third-order valence-corrected chi connectivity index (χ3v) is 4.87. The molecule has 0 saturated heterocycles. The fraction of sp³-hybridized carbons (Fsp3) is 0.444. The van der Waals surface area contributed by atoms with Crippen molar-refractivity contribution in [1.29, 1.82) is 0 Å². The molecule has 1 aliphatic rings. The zero-order chi connectivity index (χ0) is 18.1. The number of aromatic nitrogens is 2. The molecule has 25 heavy (non-hydrogen) atoms. The molecule has 0 aliphatic heterocycles. The average molecular weight is 349 g/mol. The van der Waals surface area contributed by atoms with Crippen LogP contribution in [0.15, 0.2) is 42.7 Å². The van der Waals surface area contributed by atoms with Gasteiger partial charge >= 0.3 is 5.92 Å². The van der Waals surface area contributed by atoms with Crippen LogP contribution in [0.4, 0.5) is 8.78 Å². The van der Waals surface area contributed by atoms with E-state index in [1.54, 1.807) is 48.3 Å². The SMILES string of the molecule is Cn1ccnc1CC(NC(=O)C(F)(F)C1(O)CCC1)c1ccccc1. The molecule has 0 radical (unpaired) electrons. The van der Waals surface area contributed by atoms with Crippen LogP contribution < -0.4 is 5.32 Å². The highest BCUT2D eigenvalue weighted by Gasteiger charge is 2.61. The first-order chi connectivity index (χ1) is 11.8. The van der Waals surface area contributed by atoms with Gasteiger partial charge in [-0.15, -0.1) is 0 Å². The average Bonchev–Trinajstić information content (AvgIpc) is 2.97. The molecule has 1 fully saturated rings. The van der Waals surface area contributed by atoms with Gasteiger partial charge in [-0.1, -0.05) is 30.3 Å². The number of rotatable bonds is 6. The van der Waals surface area contributed by atoms with Crippen LogP contribution >= 0.6 is 0 Å². The van der Waals surface area contributed by atoms with Gasteiger partial charge in [-0.25, -0.2) is 4.98 Å². The molecular weight excluding hydrogens is 328 g/mol. The molecule has 2 N–H and O–H groups in total. The van der Waals surface area contributed by atoms with E-state index in [-0.39, 0.29) is 19.3 Å². The number of imidazole rings is 1. The summed E-state index contributed by atoms with van der Waals surface area (Å²) in [6.45, 7) is 0. The third kappa shape index (κ3) is 3.28.